The standard InChI is InChI=1S/C14H27Cl2NO5Si/c1-5-12(23(20-2,21-3)22-4)6-9-17(10-7-13(15)18)11-8-14(16)19/h12H,5-11H2,1-4H3. The number of hydrogen-bond donors (Lipinski definition) is 0. The van der Waals surface area contributed by atoms with E-state index in [0.29, 0.717) is 19.6 Å². The zero-order chi connectivity index (χ0) is 17.9. The van der Waals surface area contributed by atoms with Gasteiger partial charge in [0, 0.05) is 52.8 Å². The first-order valence-electron chi connectivity index (χ1n) is 7.59. The van der Waals surface area contributed by atoms with E-state index in [1.807, 2.05) is 4.90 Å². The van der Waals surface area contributed by atoms with Gasteiger partial charge in [0.15, 0.2) is 0 Å². The second-order valence-corrected chi connectivity index (χ2v) is 9.25. The molecule has 0 amide bonds. The summed E-state index contributed by atoms with van der Waals surface area (Å²) in [5.41, 5.74) is 0.128. The monoisotopic (exact) mass is 387 g/mol. The molecule has 0 rings (SSSR count). The summed E-state index contributed by atoms with van der Waals surface area (Å²) >= 11 is 10.8. The molecule has 23 heavy (non-hydrogen) atoms. The van der Waals surface area contributed by atoms with Crippen molar-refractivity contribution in [2.75, 3.05) is 41.0 Å². The second-order valence-electron chi connectivity index (χ2n) is 5.16. The fourth-order valence-electron chi connectivity index (χ4n) is 2.55. The van der Waals surface area contributed by atoms with Gasteiger partial charge >= 0.3 is 8.80 Å². The summed E-state index contributed by atoms with van der Waals surface area (Å²) in [5, 5.41) is -0.790. The van der Waals surface area contributed by atoms with Gasteiger partial charge in [-0.1, -0.05) is 6.92 Å². The van der Waals surface area contributed by atoms with Crippen LogP contribution >= 0.6 is 23.2 Å². The summed E-state index contributed by atoms with van der Waals surface area (Å²) < 4.78 is 16.6. The van der Waals surface area contributed by atoms with E-state index in [1.54, 1.807) is 21.3 Å². The molecule has 0 aliphatic heterocycles. The third-order valence-electron chi connectivity index (χ3n) is 3.89. The molecule has 6 nitrogen and oxygen atoms in total. The van der Waals surface area contributed by atoms with Crippen molar-refractivity contribution in [3.8, 4) is 0 Å². The van der Waals surface area contributed by atoms with Crippen molar-refractivity contribution >= 4 is 42.5 Å². The molecular formula is C14H27Cl2NO5Si. The fraction of sp³-hybridized carbons (Fsp3) is 0.857. The lowest BCUT2D eigenvalue weighted by atomic mass is 10.2. The SMILES string of the molecule is CCC(CCN(CCC(=O)Cl)CCC(=O)Cl)[Si](OC)(OC)OC. The first kappa shape index (κ1) is 23.0. The number of hydrogen-bond acceptors (Lipinski definition) is 6. The minimum absolute atomic E-state index is 0.128. The van der Waals surface area contributed by atoms with Gasteiger partial charge in [-0.15, -0.1) is 0 Å². The van der Waals surface area contributed by atoms with Crippen LogP contribution in [0.15, 0.2) is 0 Å². The van der Waals surface area contributed by atoms with Crippen LogP contribution in [-0.2, 0) is 22.9 Å². The Bertz CT molecular complexity index is 343. The summed E-state index contributed by atoms with van der Waals surface area (Å²) in [7, 11) is 2.07. The molecule has 0 N–H and O–H groups in total. The number of carbonyl (C=O) groups is 2. The van der Waals surface area contributed by atoms with Crippen LogP contribution in [0.4, 0.5) is 0 Å². The Labute approximate surface area is 149 Å². The lowest BCUT2D eigenvalue weighted by molar-refractivity contribution is -0.112. The van der Waals surface area contributed by atoms with E-state index in [4.69, 9.17) is 36.5 Å². The van der Waals surface area contributed by atoms with E-state index in [2.05, 4.69) is 6.92 Å². The molecule has 0 saturated carbocycles. The van der Waals surface area contributed by atoms with Crippen LogP contribution in [0.25, 0.3) is 0 Å². The van der Waals surface area contributed by atoms with Crippen LogP contribution in [-0.4, -0.2) is 65.2 Å². The molecule has 136 valence electrons. The smallest absolute Gasteiger partial charge is 0.377 e. The zero-order valence-corrected chi connectivity index (χ0v) is 16.8. The molecule has 0 heterocycles. The van der Waals surface area contributed by atoms with E-state index in [1.165, 1.54) is 0 Å². The van der Waals surface area contributed by atoms with Gasteiger partial charge in [0.2, 0.25) is 10.5 Å². The van der Waals surface area contributed by atoms with Crippen molar-refractivity contribution in [3.63, 3.8) is 0 Å². The molecule has 1 atom stereocenters. The highest BCUT2D eigenvalue weighted by Crippen LogP contribution is 2.31. The highest BCUT2D eigenvalue weighted by molar-refractivity contribution is 6.63. The van der Waals surface area contributed by atoms with E-state index >= 15 is 0 Å². The minimum atomic E-state index is -2.72. The predicted octanol–water partition coefficient (Wildman–Crippen LogP) is 2.65. The maximum Gasteiger partial charge on any atom is 0.503 e. The zero-order valence-electron chi connectivity index (χ0n) is 14.3. The van der Waals surface area contributed by atoms with Gasteiger partial charge in [-0.05, 0) is 42.6 Å². The van der Waals surface area contributed by atoms with E-state index in [-0.39, 0.29) is 18.4 Å². The fourth-order valence-corrected chi connectivity index (χ4v) is 5.20. The largest absolute Gasteiger partial charge is 0.503 e. The molecular weight excluding hydrogens is 361 g/mol. The number of nitrogens with zero attached hydrogens (tertiary/aromatic N) is 1. The Morgan fingerprint density at radius 3 is 1.70 bits per heavy atom. The lowest BCUT2D eigenvalue weighted by Gasteiger charge is -2.33. The van der Waals surface area contributed by atoms with Crippen molar-refractivity contribution in [2.45, 2.75) is 38.1 Å². The van der Waals surface area contributed by atoms with Crippen molar-refractivity contribution < 1.29 is 22.9 Å². The molecule has 0 aliphatic carbocycles. The molecule has 0 aliphatic rings. The number of carbonyl (C=O) groups excluding carboxylic acids is 2. The first-order chi connectivity index (χ1) is 10.8. The van der Waals surface area contributed by atoms with Crippen LogP contribution in [0, 0.1) is 0 Å². The molecule has 1 unspecified atom stereocenters. The summed E-state index contributed by atoms with van der Waals surface area (Å²) in [6.07, 6.45) is 2.08. The van der Waals surface area contributed by atoms with Crippen LogP contribution < -0.4 is 0 Å². The van der Waals surface area contributed by atoms with Gasteiger partial charge in [0.1, 0.15) is 0 Å². The van der Waals surface area contributed by atoms with Crippen molar-refractivity contribution in [3.05, 3.63) is 0 Å². The predicted molar refractivity (Wildman–Crippen MR) is 92.8 cm³/mol. The summed E-state index contributed by atoms with van der Waals surface area (Å²) in [6, 6.07) is 0. The van der Waals surface area contributed by atoms with E-state index in [9.17, 15) is 9.59 Å². The number of halogens is 2. The van der Waals surface area contributed by atoms with Gasteiger partial charge in [-0.25, -0.2) is 0 Å². The van der Waals surface area contributed by atoms with E-state index < -0.39 is 19.3 Å². The Kier molecular flexibility index (Phi) is 12.3. The van der Waals surface area contributed by atoms with Crippen LogP contribution in [0.3, 0.4) is 0 Å². The Balaban J connectivity index is 4.75. The normalized spacial score (nSPS) is 13.3. The third-order valence-corrected chi connectivity index (χ3v) is 7.67. The van der Waals surface area contributed by atoms with E-state index in [0.717, 1.165) is 12.8 Å². The molecule has 0 bridgehead atoms. The molecule has 0 fully saturated rings. The minimum Gasteiger partial charge on any atom is -0.377 e. The molecule has 0 saturated heterocycles. The summed E-state index contributed by atoms with van der Waals surface area (Å²) in [5.74, 6) is 0. The molecule has 0 spiro atoms. The van der Waals surface area contributed by atoms with Crippen molar-refractivity contribution in [1.29, 1.82) is 0 Å². The van der Waals surface area contributed by atoms with Crippen LogP contribution in [0.2, 0.25) is 5.54 Å². The van der Waals surface area contributed by atoms with Crippen molar-refractivity contribution in [2.24, 2.45) is 0 Å². The average molecular weight is 388 g/mol. The molecule has 0 radical (unpaired) electrons. The highest BCUT2D eigenvalue weighted by Gasteiger charge is 2.45. The Morgan fingerprint density at radius 2 is 1.39 bits per heavy atom. The van der Waals surface area contributed by atoms with Gasteiger partial charge in [0.05, 0.1) is 0 Å². The van der Waals surface area contributed by atoms with Crippen LogP contribution in [0.1, 0.15) is 32.6 Å². The van der Waals surface area contributed by atoms with Crippen LogP contribution in [0.5, 0.6) is 0 Å². The number of rotatable bonds is 14. The van der Waals surface area contributed by atoms with Gasteiger partial charge in [-0.3, -0.25) is 9.59 Å². The average Bonchev–Trinajstić information content (AvgIpc) is 2.53. The Hall–Kier alpha value is -0.0231. The molecule has 0 aromatic carbocycles. The lowest BCUT2D eigenvalue weighted by Crippen LogP contribution is -2.48. The quantitative estimate of drug-likeness (QED) is 0.337. The highest BCUT2D eigenvalue weighted by atomic mass is 35.5. The Morgan fingerprint density at radius 1 is 0.957 bits per heavy atom. The van der Waals surface area contributed by atoms with Gasteiger partial charge in [0.25, 0.3) is 0 Å². The second kappa shape index (κ2) is 12.4. The van der Waals surface area contributed by atoms with Gasteiger partial charge in [-0.2, -0.15) is 0 Å². The molecule has 0 aromatic rings. The topological polar surface area (TPSA) is 65.1 Å². The molecule has 9 heteroatoms. The van der Waals surface area contributed by atoms with Gasteiger partial charge < -0.3 is 18.2 Å². The first-order valence-corrected chi connectivity index (χ1v) is 10.1. The summed E-state index contributed by atoms with van der Waals surface area (Å²) in [6.45, 7) is 3.71. The maximum absolute atomic E-state index is 11.0. The molecule has 0 aromatic heterocycles. The van der Waals surface area contributed by atoms with Crippen molar-refractivity contribution in [1.82, 2.24) is 4.90 Å². The summed E-state index contributed by atoms with van der Waals surface area (Å²) in [4.78, 5) is 23.9. The third kappa shape index (κ3) is 8.58. The maximum atomic E-state index is 11.0.